The maximum atomic E-state index is 11.0. The molecule has 2 aromatic rings. The molecule has 0 saturated heterocycles. The van der Waals surface area contributed by atoms with Crippen LogP contribution in [0.4, 0.5) is 0 Å². The van der Waals surface area contributed by atoms with E-state index in [9.17, 15) is 19.2 Å². The van der Waals surface area contributed by atoms with Crippen molar-refractivity contribution in [2.24, 2.45) is 0 Å². The van der Waals surface area contributed by atoms with Gasteiger partial charge in [-0.3, -0.25) is 0 Å². The van der Waals surface area contributed by atoms with Crippen LogP contribution in [0.3, 0.4) is 0 Å². The standard InChI is InChI=1S/C10H10O4.C8H4O3/c1-13-9(11)7-3-5-8(6-4-7)10(12)14-2;9-7-5-3-1-2-4-6(5)8(10)11-7/h3-6H,1-2H3;1-4H. The van der Waals surface area contributed by atoms with Crippen LogP contribution in [0.5, 0.6) is 0 Å². The number of cyclic esters (lactones) is 2. The van der Waals surface area contributed by atoms with Crippen molar-refractivity contribution in [3.63, 3.8) is 0 Å². The molecule has 1 heterocycles. The summed E-state index contributed by atoms with van der Waals surface area (Å²) < 4.78 is 13.4. The molecule has 0 amide bonds. The highest BCUT2D eigenvalue weighted by Gasteiger charge is 2.28. The predicted octanol–water partition coefficient (Wildman–Crippen LogP) is 2.26. The van der Waals surface area contributed by atoms with E-state index in [1.807, 2.05) is 0 Å². The second kappa shape index (κ2) is 7.87. The van der Waals surface area contributed by atoms with E-state index in [4.69, 9.17) is 0 Å². The van der Waals surface area contributed by atoms with Gasteiger partial charge in [0.1, 0.15) is 0 Å². The van der Waals surface area contributed by atoms with Crippen LogP contribution >= 0.6 is 0 Å². The number of ether oxygens (including phenoxy) is 3. The fourth-order valence-electron chi connectivity index (χ4n) is 2.01. The predicted molar refractivity (Wildman–Crippen MR) is 85.3 cm³/mol. The topological polar surface area (TPSA) is 96.0 Å². The number of carbonyl (C=O) groups is 4. The summed E-state index contributed by atoms with van der Waals surface area (Å²) in [7, 11) is 2.60. The molecule has 0 bridgehead atoms. The third-order valence-corrected chi connectivity index (χ3v) is 3.28. The molecule has 0 spiro atoms. The normalized spacial score (nSPS) is 11.6. The zero-order valence-corrected chi connectivity index (χ0v) is 13.5. The number of hydrogen-bond donors (Lipinski definition) is 0. The zero-order valence-electron chi connectivity index (χ0n) is 13.5. The average Bonchev–Trinajstić information content (AvgIpc) is 2.95. The molecule has 0 aromatic heterocycles. The van der Waals surface area contributed by atoms with Crippen LogP contribution in [0.25, 0.3) is 0 Å². The number of carbonyl (C=O) groups excluding carboxylic acids is 4. The fraction of sp³-hybridized carbons (Fsp3) is 0.111. The Labute approximate surface area is 143 Å². The Morgan fingerprint density at radius 1 is 0.720 bits per heavy atom. The molecule has 128 valence electrons. The zero-order chi connectivity index (χ0) is 18.4. The Balaban J connectivity index is 0.000000185. The van der Waals surface area contributed by atoms with E-state index in [1.165, 1.54) is 38.5 Å². The van der Waals surface area contributed by atoms with Crippen LogP contribution in [-0.4, -0.2) is 38.1 Å². The molecule has 3 rings (SSSR count). The van der Waals surface area contributed by atoms with Crippen LogP contribution in [0.1, 0.15) is 41.4 Å². The van der Waals surface area contributed by atoms with Crippen molar-refractivity contribution in [3.05, 3.63) is 70.8 Å². The molecule has 25 heavy (non-hydrogen) atoms. The van der Waals surface area contributed by atoms with E-state index in [-0.39, 0.29) is 0 Å². The quantitative estimate of drug-likeness (QED) is 0.469. The van der Waals surface area contributed by atoms with Crippen molar-refractivity contribution in [2.75, 3.05) is 14.2 Å². The average molecular weight is 342 g/mol. The van der Waals surface area contributed by atoms with Gasteiger partial charge in [0.15, 0.2) is 0 Å². The first kappa shape index (κ1) is 17.9. The molecule has 0 atom stereocenters. The molecule has 0 radical (unpaired) electrons. The van der Waals surface area contributed by atoms with E-state index in [0.717, 1.165) is 0 Å². The Bertz CT molecular complexity index is 754. The van der Waals surface area contributed by atoms with Gasteiger partial charge in [-0.25, -0.2) is 19.2 Å². The second-order valence-electron chi connectivity index (χ2n) is 4.78. The number of hydrogen-bond acceptors (Lipinski definition) is 7. The molecule has 1 aliphatic heterocycles. The molecule has 2 aromatic carbocycles. The van der Waals surface area contributed by atoms with Crippen molar-refractivity contribution in [2.45, 2.75) is 0 Å². The van der Waals surface area contributed by atoms with Gasteiger partial charge in [0.25, 0.3) is 0 Å². The monoisotopic (exact) mass is 342 g/mol. The Hall–Kier alpha value is -3.48. The lowest BCUT2D eigenvalue weighted by molar-refractivity contribution is 0.0442. The summed E-state index contributed by atoms with van der Waals surface area (Å²) in [5, 5.41) is 0. The molecule has 7 nitrogen and oxygen atoms in total. The third-order valence-electron chi connectivity index (χ3n) is 3.28. The largest absolute Gasteiger partial charge is 0.465 e. The van der Waals surface area contributed by atoms with Crippen molar-refractivity contribution in [1.82, 2.24) is 0 Å². The first-order chi connectivity index (χ1) is 12.0. The van der Waals surface area contributed by atoms with Crippen LogP contribution in [0, 0.1) is 0 Å². The minimum absolute atomic E-state index is 0.359. The molecule has 0 N–H and O–H groups in total. The lowest BCUT2D eigenvalue weighted by Gasteiger charge is -2.00. The van der Waals surface area contributed by atoms with Gasteiger partial charge in [0.2, 0.25) is 0 Å². The van der Waals surface area contributed by atoms with Crippen LogP contribution in [0.2, 0.25) is 0 Å². The molecular formula is C18H14O7. The van der Waals surface area contributed by atoms with Crippen molar-refractivity contribution in [1.29, 1.82) is 0 Å². The van der Waals surface area contributed by atoms with Crippen LogP contribution in [-0.2, 0) is 14.2 Å². The Morgan fingerprint density at radius 2 is 1.08 bits per heavy atom. The van der Waals surface area contributed by atoms with Gasteiger partial charge in [-0.2, -0.15) is 0 Å². The maximum Gasteiger partial charge on any atom is 0.346 e. The van der Waals surface area contributed by atoms with Gasteiger partial charge >= 0.3 is 23.9 Å². The summed E-state index contributed by atoms with van der Waals surface area (Å²) in [4.78, 5) is 43.7. The fourth-order valence-corrected chi connectivity index (χ4v) is 2.01. The highest BCUT2D eigenvalue weighted by atomic mass is 16.6. The molecule has 0 fully saturated rings. The Kier molecular flexibility index (Phi) is 5.62. The lowest BCUT2D eigenvalue weighted by Crippen LogP contribution is -2.04. The van der Waals surface area contributed by atoms with Gasteiger partial charge in [0.05, 0.1) is 36.5 Å². The number of fused-ring (bicyclic) bond motifs is 1. The lowest BCUT2D eigenvalue weighted by atomic mass is 10.1. The molecule has 1 aliphatic rings. The highest BCUT2D eigenvalue weighted by molar-refractivity contribution is 6.14. The molecule has 0 unspecified atom stereocenters. The van der Waals surface area contributed by atoms with Crippen molar-refractivity contribution in [3.8, 4) is 0 Å². The van der Waals surface area contributed by atoms with Crippen molar-refractivity contribution < 1.29 is 33.4 Å². The smallest absolute Gasteiger partial charge is 0.346 e. The van der Waals surface area contributed by atoms with Crippen LogP contribution in [0.15, 0.2) is 48.5 Å². The first-order valence-corrected chi connectivity index (χ1v) is 7.10. The first-order valence-electron chi connectivity index (χ1n) is 7.10. The number of esters is 4. The SMILES string of the molecule is COC(=O)c1ccc(C(=O)OC)cc1.O=C1OC(=O)c2ccccc21. The van der Waals surface area contributed by atoms with Crippen molar-refractivity contribution >= 4 is 23.9 Å². The van der Waals surface area contributed by atoms with Crippen LogP contribution < -0.4 is 0 Å². The summed E-state index contributed by atoms with van der Waals surface area (Å²) in [6.07, 6.45) is 0. The van der Waals surface area contributed by atoms with E-state index in [2.05, 4.69) is 14.2 Å². The number of benzene rings is 2. The molecule has 7 heteroatoms. The summed E-state index contributed by atoms with van der Waals surface area (Å²) in [6.45, 7) is 0. The van der Waals surface area contributed by atoms with Gasteiger partial charge in [-0.05, 0) is 36.4 Å². The van der Waals surface area contributed by atoms with E-state index < -0.39 is 23.9 Å². The van der Waals surface area contributed by atoms with Gasteiger partial charge in [-0.1, -0.05) is 12.1 Å². The van der Waals surface area contributed by atoms with E-state index >= 15 is 0 Å². The second-order valence-corrected chi connectivity index (χ2v) is 4.78. The third kappa shape index (κ3) is 4.08. The number of methoxy groups -OCH3 is 2. The molecule has 0 saturated carbocycles. The van der Waals surface area contributed by atoms with E-state index in [0.29, 0.717) is 22.3 Å². The summed E-state index contributed by atoms with van der Waals surface area (Å²) >= 11 is 0. The summed E-state index contributed by atoms with van der Waals surface area (Å²) in [5.74, 6) is -1.96. The highest BCUT2D eigenvalue weighted by Crippen LogP contribution is 2.18. The summed E-state index contributed by atoms with van der Waals surface area (Å²) in [5.41, 5.74) is 1.52. The maximum absolute atomic E-state index is 11.0. The minimum Gasteiger partial charge on any atom is -0.465 e. The molecular weight excluding hydrogens is 328 g/mol. The molecule has 0 aliphatic carbocycles. The minimum atomic E-state index is -0.550. The van der Waals surface area contributed by atoms with Gasteiger partial charge < -0.3 is 14.2 Å². The summed E-state index contributed by atoms with van der Waals surface area (Å²) in [6, 6.07) is 12.6. The Morgan fingerprint density at radius 3 is 1.40 bits per heavy atom. The van der Waals surface area contributed by atoms with E-state index in [1.54, 1.807) is 24.3 Å². The number of rotatable bonds is 2. The van der Waals surface area contributed by atoms with Gasteiger partial charge in [0, 0.05) is 0 Å². The van der Waals surface area contributed by atoms with Gasteiger partial charge in [-0.15, -0.1) is 0 Å².